The molecule has 10 heteroatoms. The van der Waals surface area contributed by atoms with Crippen molar-refractivity contribution in [1.82, 2.24) is 5.32 Å². The number of nitrogens with one attached hydrogen (secondary N) is 1. The van der Waals surface area contributed by atoms with Crippen molar-refractivity contribution in [3.8, 4) is 0 Å². The summed E-state index contributed by atoms with van der Waals surface area (Å²) in [5, 5.41) is 2.29. The van der Waals surface area contributed by atoms with Gasteiger partial charge in [0.2, 0.25) is 0 Å². The van der Waals surface area contributed by atoms with Crippen LogP contribution in [0.4, 0.5) is 13.2 Å². The maximum atomic E-state index is 12.7. The lowest BCUT2D eigenvalue weighted by Gasteiger charge is -2.34. The van der Waals surface area contributed by atoms with Gasteiger partial charge in [0.25, 0.3) is 9.05 Å². The van der Waals surface area contributed by atoms with Crippen molar-refractivity contribution in [1.29, 1.82) is 0 Å². The summed E-state index contributed by atoms with van der Waals surface area (Å²) in [7, 11) is 1.18. The lowest BCUT2D eigenvalue weighted by atomic mass is 9.88. The summed E-state index contributed by atoms with van der Waals surface area (Å²) in [6, 6.07) is 3.90. The number of halogens is 6. The summed E-state index contributed by atoms with van der Waals surface area (Å²) in [5.41, 5.74) is -1.91. The fourth-order valence-corrected chi connectivity index (χ4v) is 3.77. The summed E-state index contributed by atoms with van der Waals surface area (Å²) in [4.78, 5) is -0.351. The molecule has 0 saturated heterocycles. The molecule has 1 aromatic carbocycles. The van der Waals surface area contributed by atoms with Crippen molar-refractivity contribution < 1.29 is 21.6 Å². The average Bonchev–Trinajstić information content (AvgIpc) is 2.39. The number of dihydropyridines is 1. The molecular weight excluding hydrogens is 398 g/mol. The summed E-state index contributed by atoms with van der Waals surface area (Å²) >= 11 is 11.8. The van der Waals surface area contributed by atoms with E-state index in [1.165, 1.54) is 25.1 Å². The van der Waals surface area contributed by atoms with Crippen molar-refractivity contribution in [3.63, 3.8) is 0 Å². The largest absolute Gasteiger partial charge is 0.417 e. The van der Waals surface area contributed by atoms with Crippen LogP contribution in [0.2, 0.25) is 5.02 Å². The predicted molar refractivity (Wildman–Crippen MR) is 83.1 cm³/mol. The third-order valence-corrected chi connectivity index (χ3v) is 5.67. The molecule has 0 amide bonds. The van der Waals surface area contributed by atoms with Crippen molar-refractivity contribution in [2.45, 2.75) is 23.5 Å². The van der Waals surface area contributed by atoms with Crippen LogP contribution in [0.1, 0.15) is 12.5 Å². The van der Waals surface area contributed by atoms with Crippen molar-refractivity contribution in [2.24, 2.45) is 0 Å². The molecule has 1 atom stereocenters. The van der Waals surface area contributed by atoms with Crippen molar-refractivity contribution >= 4 is 42.9 Å². The van der Waals surface area contributed by atoms with Crippen LogP contribution in [0, 0.1) is 0 Å². The third kappa shape index (κ3) is 3.63. The van der Waals surface area contributed by atoms with Crippen LogP contribution < -0.4 is 5.32 Å². The summed E-state index contributed by atoms with van der Waals surface area (Å²) in [5.74, 6) is 0. The highest BCUT2D eigenvalue weighted by molar-refractivity contribution is 8.13. The Morgan fingerprint density at radius 3 is 2.30 bits per heavy atom. The number of rotatable bonds is 2. The van der Waals surface area contributed by atoms with E-state index in [2.05, 4.69) is 5.32 Å². The van der Waals surface area contributed by atoms with Crippen molar-refractivity contribution in [3.05, 3.63) is 51.7 Å². The Kier molecular flexibility index (Phi) is 4.71. The van der Waals surface area contributed by atoms with Gasteiger partial charge >= 0.3 is 6.18 Å². The normalized spacial score (nSPS) is 22.2. The first-order valence-corrected chi connectivity index (χ1v) is 9.09. The standard InChI is InChI=1S/C13H9Cl3F3NO2S/c1-12(11(15)5-8(6-20-12)13(17,18)19)7-2-3-9(14)10(4-7)23(16,21)22/h2-6,20H,1H3. The second-order valence-electron chi connectivity index (χ2n) is 4.94. The fraction of sp³-hybridized carbons (Fsp3) is 0.231. The van der Waals surface area contributed by atoms with Crippen LogP contribution in [0.25, 0.3) is 0 Å². The molecule has 0 fully saturated rings. The molecule has 1 N–H and O–H groups in total. The summed E-state index contributed by atoms with van der Waals surface area (Å²) < 4.78 is 61.2. The molecule has 0 aliphatic carbocycles. The van der Waals surface area contributed by atoms with Gasteiger partial charge in [-0.3, -0.25) is 0 Å². The Hall–Kier alpha value is -0.890. The smallest absolute Gasteiger partial charge is 0.377 e. The quantitative estimate of drug-likeness (QED) is 0.727. The Morgan fingerprint density at radius 1 is 1.22 bits per heavy atom. The number of hydrogen-bond donors (Lipinski definition) is 1. The van der Waals surface area contributed by atoms with Gasteiger partial charge in [0, 0.05) is 21.9 Å². The van der Waals surface area contributed by atoms with E-state index in [1.54, 1.807) is 0 Å². The molecule has 1 heterocycles. The second kappa shape index (κ2) is 5.88. The van der Waals surface area contributed by atoms with E-state index >= 15 is 0 Å². The number of benzene rings is 1. The fourth-order valence-electron chi connectivity index (χ4n) is 2.00. The van der Waals surface area contributed by atoms with E-state index in [0.717, 1.165) is 12.3 Å². The molecule has 0 spiro atoms. The number of hydrogen-bond acceptors (Lipinski definition) is 3. The van der Waals surface area contributed by atoms with Gasteiger partial charge in [-0.25, -0.2) is 8.42 Å². The SMILES string of the molecule is CC1(c2ccc(Cl)c(S(=O)(=O)Cl)c2)NC=C(C(F)(F)F)C=C1Cl. The van der Waals surface area contributed by atoms with Crippen LogP contribution >= 0.6 is 33.9 Å². The van der Waals surface area contributed by atoms with Gasteiger partial charge < -0.3 is 5.32 Å². The molecule has 1 aliphatic rings. The molecule has 1 unspecified atom stereocenters. The molecule has 2 rings (SSSR count). The van der Waals surface area contributed by atoms with Crippen LogP contribution in [0.3, 0.4) is 0 Å². The highest BCUT2D eigenvalue weighted by Crippen LogP contribution is 2.40. The van der Waals surface area contributed by atoms with E-state index in [9.17, 15) is 21.6 Å². The van der Waals surface area contributed by atoms with Gasteiger partial charge in [0.15, 0.2) is 0 Å². The van der Waals surface area contributed by atoms with E-state index in [-0.39, 0.29) is 15.0 Å². The Bertz CT molecular complexity index is 818. The average molecular weight is 407 g/mol. The van der Waals surface area contributed by atoms with Crippen molar-refractivity contribution in [2.75, 3.05) is 0 Å². The molecule has 1 aliphatic heterocycles. The molecule has 0 radical (unpaired) electrons. The van der Waals surface area contributed by atoms with Crippen LogP contribution in [-0.2, 0) is 14.6 Å². The first kappa shape index (κ1) is 18.4. The van der Waals surface area contributed by atoms with Crippen LogP contribution in [0.5, 0.6) is 0 Å². The number of alkyl halides is 3. The summed E-state index contributed by atoms with van der Waals surface area (Å²) in [6.45, 7) is 1.50. The second-order valence-corrected chi connectivity index (χ2v) is 8.29. The molecule has 1 aromatic rings. The van der Waals surface area contributed by atoms with E-state index in [4.69, 9.17) is 33.9 Å². The lowest BCUT2D eigenvalue weighted by Crippen LogP contribution is -2.40. The first-order chi connectivity index (χ1) is 10.4. The highest BCUT2D eigenvalue weighted by atomic mass is 35.7. The third-order valence-electron chi connectivity index (χ3n) is 3.37. The van der Waals surface area contributed by atoms with E-state index < -0.39 is 26.3 Å². The molecular formula is C13H9Cl3F3NO2S. The molecule has 0 aromatic heterocycles. The Morgan fingerprint density at radius 2 is 1.83 bits per heavy atom. The monoisotopic (exact) mass is 405 g/mol. The van der Waals surface area contributed by atoms with E-state index in [0.29, 0.717) is 5.56 Å². The summed E-state index contributed by atoms with van der Waals surface area (Å²) in [6.07, 6.45) is -3.00. The Balaban J connectivity index is 2.52. The maximum absolute atomic E-state index is 12.7. The van der Waals surface area contributed by atoms with Crippen LogP contribution in [0.15, 0.2) is 46.0 Å². The number of allylic oxidation sites excluding steroid dienone is 2. The minimum Gasteiger partial charge on any atom is -0.377 e. The molecule has 0 saturated carbocycles. The van der Waals surface area contributed by atoms with Gasteiger partial charge in [0.05, 0.1) is 16.1 Å². The highest BCUT2D eigenvalue weighted by Gasteiger charge is 2.39. The van der Waals surface area contributed by atoms with Gasteiger partial charge in [-0.1, -0.05) is 29.3 Å². The van der Waals surface area contributed by atoms with E-state index in [1.807, 2.05) is 0 Å². The van der Waals surface area contributed by atoms with Crippen LogP contribution in [-0.4, -0.2) is 14.6 Å². The van der Waals surface area contributed by atoms with Gasteiger partial charge in [0.1, 0.15) is 4.90 Å². The zero-order chi connectivity index (χ0) is 17.6. The maximum Gasteiger partial charge on any atom is 0.417 e. The lowest BCUT2D eigenvalue weighted by molar-refractivity contribution is -0.0890. The predicted octanol–water partition coefficient (Wildman–Crippen LogP) is 4.65. The zero-order valence-electron chi connectivity index (χ0n) is 11.4. The molecule has 23 heavy (non-hydrogen) atoms. The minimum absolute atomic E-state index is 0.102. The minimum atomic E-state index is -4.56. The molecule has 3 nitrogen and oxygen atoms in total. The molecule has 0 bridgehead atoms. The van der Waals surface area contributed by atoms with Gasteiger partial charge in [-0.2, -0.15) is 13.2 Å². The topological polar surface area (TPSA) is 46.2 Å². The molecule has 126 valence electrons. The van der Waals surface area contributed by atoms with Gasteiger partial charge in [-0.05, 0) is 30.7 Å². The Labute approximate surface area is 145 Å². The van der Waals surface area contributed by atoms with Gasteiger partial charge in [-0.15, -0.1) is 0 Å². The zero-order valence-corrected chi connectivity index (χ0v) is 14.5. The first-order valence-electron chi connectivity index (χ1n) is 6.03.